The number of rotatable bonds is 24. The van der Waals surface area contributed by atoms with Crippen LogP contribution in [0, 0.1) is 6.92 Å². The summed E-state index contributed by atoms with van der Waals surface area (Å²) in [4.78, 5) is 44.1. The summed E-state index contributed by atoms with van der Waals surface area (Å²) in [6.07, 6.45) is 21.9. The number of amides is 1. The Kier molecular flexibility index (Phi) is 21.8. The van der Waals surface area contributed by atoms with Gasteiger partial charge < -0.3 is 18.9 Å². The van der Waals surface area contributed by atoms with Gasteiger partial charge >= 0.3 is 11.9 Å². The van der Waals surface area contributed by atoms with Crippen LogP contribution in [0.5, 0.6) is 0 Å². The highest BCUT2D eigenvalue weighted by atomic mass is 32.2. The molecule has 8 nitrogen and oxygen atoms in total. The maximum atomic E-state index is 13.1. The molecule has 0 N–H and O–H groups in total. The zero-order chi connectivity index (χ0) is 30.1. The summed E-state index contributed by atoms with van der Waals surface area (Å²) in [5.41, 5.74) is 0. The van der Waals surface area contributed by atoms with Crippen LogP contribution in [0.15, 0.2) is 24.5 Å². The van der Waals surface area contributed by atoms with Gasteiger partial charge in [-0.3, -0.25) is 14.4 Å². The molecule has 0 aromatic carbocycles. The second-order valence-corrected chi connectivity index (χ2v) is 11.6. The van der Waals surface area contributed by atoms with Crippen LogP contribution >= 0.6 is 11.8 Å². The van der Waals surface area contributed by atoms with E-state index in [4.69, 9.17) is 9.47 Å². The lowest BCUT2D eigenvalue weighted by Gasteiger charge is -2.23. The number of aryl methyl sites for hydroxylation is 2. The van der Waals surface area contributed by atoms with Gasteiger partial charge in [-0.05, 0) is 51.9 Å². The number of ether oxygens (including phenoxy) is 2. The molecule has 1 heterocycles. The van der Waals surface area contributed by atoms with Crippen molar-refractivity contribution in [3.63, 3.8) is 0 Å². The van der Waals surface area contributed by atoms with Crippen LogP contribution in [0.25, 0.3) is 0 Å². The van der Waals surface area contributed by atoms with E-state index in [1.54, 1.807) is 6.20 Å². The number of hydrogen-bond donors (Lipinski definition) is 0. The van der Waals surface area contributed by atoms with Gasteiger partial charge in [0.05, 0.1) is 0 Å². The molecular weight excluding hydrogens is 538 g/mol. The van der Waals surface area contributed by atoms with E-state index >= 15 is 0 Å². The van der Waals surface area contributed by atoms with Crippen molar-refractivity contribution in [2.45, 2.75) is 130 Å². The van der Waals surface area contributed by atoms with Crippen LogP contribution < -0.4 is 0 Å². The Hall–Kier alpha value is -2.29. The van der Waals surface area contributed by atoms with Crippen molar-refractivity contribution in [2.75, 3.05) is 25.4 Å². The summed E-state index contributed by atoms with van der Waals surface area (Å²) in [6.45, 7) is 8.80. The second kappa shape index (κ2) is 24.3. The van der Waals surface area contributed by atoms with Gasteiger partial charge in [0.25, 0.3) is 5.24 Å². The maximum absolute atomic E-state index is 13.1. The van der Waals surface area contributed by atoms with E-state index in [0.717, 1.165) is 94.8 Å². The Morgan fingerprint density at radius 3 is 2.20 bits per heavy atom. The van der Waals surface area contributed by atoms with Crippen LogP contribution in [-0.4, -0.2) is 63.2 Å². The fourth-order valence-corrected chi connectivity index (χ4v) is 5.17. The van der Waals surface area contributed by atoms with Gasteiger partial charge in [-0.1, -0.05) is 89.6 Å². The molecule has 0 aliphatic carbocycles. The van der Waals surface area contributed by atoms with Crippen molar-refractivity contribution in [3.8, 4) is 0 Å². The molecule has 0 spiro atoms. The Morgan fingerprint density at radius 2 is 1.56 bits per heavy atom. The molecule has 0 unspecified atom stereocenters. The van der Waals surface area contributed by atoms with E-state index in [-0.39, 0.29) is 31.0 Å². The third-order valence-electron chi connectivity index (χ3n) is 6.88. The lowest BCUT2D eigenvalue weighted by Crippen LogP contribution is -2.39. The third kappa shape index (κ3) is 18.7. The van der Waals surface area contributed by atoms with E-state index in [1.165, 1.54) is 24.2 Å². The van der Waals surface area contributed by atoms with E-state index in [2.05, 4.69) is 25.8 Å². The van der Waals surface area contributed by atoms with Gasteiger partial charge in [0.2, 0.25) is 0 Å². The topological polar surface area (TPSA) is 90.7 Å². The highest BCUT2D eigenvalue weighted by Crippen LogP contribution is 2.16. The molecule has 0 saturated carbocycles. The number of esters is 2. The second-order valence-electron chi connectivity index (χ2n) is 10.6. The fourth-order valence-electron chi connectivity index (χ4n) is 4.41. The normalized spacial score (nSPS) is 11.3. The summed E-state index contributed by atoms with van der Waals surface area (Å²) in [5.74, 6) is 0.495. The number of carbonyl (C=O) groups is 3. The Bertz CT molecular complexity index is 863. The average Bonchev–Trinajstić information content (AvgIpc) is 3.36. The fraction of sp³-hybridized carbons (Fsp3) is 0.750. The van der Waals surface area contributed by atoms with Crippen LogP contribution in [-0.2, 0) is 25.6 Å². The van der Waals surface area contributed by atoms with Gasteiger partial charge in [0.1, 0.15) is 31.6 Å². The molecule has 0 radical (unpaired) electrons. The van der Waals surface area contributed by atoms with Crippen molar-refractivity contribution >= 4 is 28.9 Å². The van der Waals surface area contributed by atoms with Crippen LogP contribution in [0.3, 0.4) is 0 Å². The molecule has 0 aliphatic rings. The summed E-state index contributed by atoms with van der Waals surface area (Å²) in [6, 6.07) is 0. The number of aromatic nitrogens is 2. The van der Waals surface area contributed by atoms with Gasteiger partial charge in [-0.25, -0.2) is 4.98 Å². The molecule has 1 rings (SSSR count). The molecule has 9 heteroatoms. The van der Waals surface area contributed by atoms with E-state index in [1.807, 2.05) is 29.8 Å². The minimum Gasteiger partial charge on any atom is -0.461 e. The summed E-state index contributed by atoms with van der Waals surface area (Å²) >= 11 is 1.11. The first kappa shape index (κ1) is 36.7. The molecule has 1 aromatic rings. The number of thioether (sulfide) groups is 1. The minimum absolute atomic E-state index is 0.155. The number of nitrogens with zero attached hydrogens (tertiary/aromatic N) is 3. The molecule has 1 aromatic heterocycles. The molecule has 0 bridgehead atoms. The summed E-state index contributed by atoms with van der Waals surface area (Å²) < 4.78 is 13.2. The van der Waals surface area contributed by atoms with Crippen molar-refractivity contribution in [3.05, 3.63) is 30.4 Å². The van der Waals surface area contributed by atoms with E-state index in [9.17, 15) is 14.4 Å². The minimum atomic E-state index is -0.529. The first-order chi connectivity index (χ1) is 19.9. The predicted octanol–water partition coefficient (Wildman–Crippen LogP) is 7.88. The monoisotopic (exact) mass is 593 g/mol. The highest BCUT2D eigenvalue weighted by molar-refractivity contribution is 8.13. The van der Waals surface area contributed by atoms with Crippen molar-refractivity contribution in [2.24, 2.45) is 0 Å². The van der Waals surface area contributed by atoms with Gasteiger partial charge in [0.15, 0.2) is 0 Å². The van der Waals surface area contributed by atoms with E-state index < -0.39 is 11.9 Å². The van der Waals surface area contributed by atoms with Crippen molar-refractivity contribution in [1.82, 2.24) is 14.5 Å². The first-order valence-electron chi connectivity index (χ1n) is 15.8. The molecule has 234 valence electrons. The molecule has 0 saturated heterocycles. The van der Waals surface area contributed by atoms with Crippen LogP contribution in [0.2, 0.25) is 0 Å². The number of allylic oxidation sites excluding steroid dienone is 1. The number of unbranched alkanes of at least 4 members (excludes halogenated alkanes) is 8. The molecule has 1 amide bonds. The SMILES string of the molecule is CCCCCC/C=C\COC(=O)CN(CC(=O)OC(CCCCC)CCCCC)C(=O)SCCCn1ccnc1C. The molecular formula is C32H55N3O5S. The van der Waals surface area contributed by atoms with E-state index in [0.29, 0.717) is 5.75 Å². The molecule has 0 aliphatic heterocycles. The summed E-state index contributed by atoms with van der Waals surface area (Å²) in [7, 11) is 0. The van der Waals surface area contributed by atoms with Crippen LogP contribution in [0.1, 0.15) is 116 Å². The van der Waals surface area contributed by atoms with Gasteiger partial charge in [0, 0.05) is 24.7 Å². The number of hydrogen-bond acceptors (Lipinski definition) is 7. The van der Waals surface area contributed by atoms with Gasteiger partial charge in [-0.15, -0.1) is 0 Å². The Balaban J connectivity index is 2.67. The molecule has 41 heavy (non-hydrogen) atoms. The lowest BCUT2D eigenvalue weighted by atomic mass is 10.0. The smallest absolute Gasteiger partial charge is 0.326 e. The van der Waals surface area contributed by atoms with Gasteiger partial charge in [-0.2, -0.15) is 0 Å². The quantitative estimate of drug-likeness (QED) is 0.0684. The standard InChI is InChI=1S/C32H55N3O5S/c1-5-8-11-12-13-14-17-24-39-30(36)26-35(32(38)41-25-18-22-34-23-21-33-28(34)4)27-31(37)40-29(19-15-9-6-2)20-16-10-7-3/h14,17,21,23,29H,5-13,15-16,18-20,22,24-27H2,1-4H3/b17-14-. The maximum Gasteiger partial charge on any atom is 0.326 e. The molecule has 0 fully saturated rings. The zero-order valence-electron chi connectivity index (χ0n) is 26.1. The summed E-state index contributed by atoms with van der Waals surface area (Å²) in [5, 5.41) is -0.318. The largest absolute Gasteiger partial charge is 0.461 e. The number of carbonyl (C=O) groups excluding carboxylic acids is 3. The average molecular weight is 594 g/mol. The number of imidazole rings is 1. The zero-order valence-corrected chi connectivity index (χ0v) is 26.9. The van der Waals surface area contributed by atoms with Crippen molar-refractivity contribution in [1.29, 1.82) is 0 Å². The highest BCUT2D eigenvalue weighted by Gasteiger charge is 2.24. The third-order valence-corrected chi connectivity index (χ3v) is 7.88. The van der Waals surface area contributed by atoms with Crippen LogP contribution in [0.4, 0.5) is 4.79 Å². The lowest BCUT2D eigenvalue weighted by molar-refractivity contribution is -0.151. The molecule has 0 atom stereocenters. The Morgan fingerprint density at radius 1 is 0.902 bits per heavy atom. The Labute approximate surface area is 253 Å². The van der Waals surface area contributed by atoms with Crippen molar-refractivity contribution < 1.29 is 23.9 Å². The predicted molar refractivity (Wildman–Crippen MR) is 168 cm³/mol. The first-order valence-corrected chi connectivity index (χ1v) is 16.8.